The van der Waals surface area contributed by atoms with E-state index in [1.807, 2.05) is 31.2 Å². The van der Waals surface area contributed by atoms with Crippen LogP contribution in [0.4, 0.5) is 0 Å². The summed E-state index contributed by atoms with van der Waals surface area (Å²) in [5.74, 6) is -1.27. The summed E-state index contributed by atoms with van der Waals surface area (Å²) in [5.41, 5.74) is 1.25. The number of aromatic nitrogens is 2. The van der Waals surface area contributed by atoms with Crippen LogP contribution in [-0.2, 0) is 11.2 Å². The van der Waals surface area contributed by atoms with Crippen molar-refractivity contribution in [3.05, 3.63) is 59.7 Å². The maximum atomic E-state index is 12.8. The molecule has 1 aliphatic carbocycles. The van der Waals surface area contributed by atoms with Gasteiger partial charge in [0.15, 0.2) is 5.78 Å². The monoisotopic (exact) mass is 367 g/mol. The Labute approximate surface area is 158 Å². The molecule has 1 heterocycles. The van der Waals surface area contributed by atoms with Crippen LogP contribution in [0.3, 0.4) is 0 Å². The fourth-order valence-corrected chi connectivity index (χ4v) is 3.04. The van der Waals surface area contributed by atoms with Crippen LogP contribution in [0, 0.1) is 6.92 Å². The summed E-state index contributed by atoms with van der Waals surface area (Å²) in [4.78, 5) is 32.9. The van der Waals surface area contributed by atoms with Gasteiger partial charge < -0.3 is 15.4 Å². The molecule has 1 aliphatic rings. The molecule has 1 saturated carbocycles. The van der Waals surface area contributed by atoms with Gasteiger partial charge in [-0.1, -0.05) is 29.8 Å². The Morgan fingerprint density at radius 2 is 1.93 bits per heavy atom. The fraction of sp³-hybridized carbons (Fsp3) is 0.368. The first-order valence-corrected chi connectivity index (χ1v) is 8.93. The van der Waals surface area contributed by atoms with Crippen LogP contribution in [0.2, 0.25) is 5.82 Å². The van der Waals surface area contributed by atoms with Crippen molar-refractivity contribution in [2.45, 2.75) is 44.0 Å². The average Bonchev–Trinajstić information content (AvgIpc) is 3.44. The van der Waals surface area contributed by atoms with Gasteiger partial charge in [-0.3, -0.25) is 14.6 Å². The molecule has 0 unspecified atom stereocenters. The van der Waals surface area contributed by atoms with Gasteiger partial charge in [-0.25, -0.2) is 4.98 Å². The van der Waals surface area contributed by atoms with E-state index in [4.69, 9.17) is 0 Å². The van der Waals surface area contributed by atoms with Crippen molar-refractivity contribution >= 4 is 18.8 Å². The van der Waals surface area contributed by atoms with Crippen molar-refractivity contribution in [3.63, 3.8) is 0 Å². The zero-order valence-corrected chi connectivity index (χ0v) is 15.1. The first kappa shape index (κ1) is 19.2. The highest BCUT2D eigenvalue weighted by Gasteiger charge is 2.51. The molecule has 27 heavy (non-hydrogen) atoms. The molecule has 0 saturated heterocycles. The van der Waals surface area contributed by atoms with E-state index in [1.165, 1.54) is 18.6 Å². The Morgan fingerprint density at radius 1 is 1.22 bits per heavy atom. The van der Waals surface area contributed by atoms with Gasteiger partial charge in [-0.2, -0.15) is 0 Å². The molecule has 3 N–H and O–H groups in total. The van der Waals surface area contributed by atoms with Crippen LogP contribution in [0.15, 0.2) is 42.9 Å². The van der Waals surface area contributed by atoms with E-state index in [0.717, 1.165) is 11.1 Å². The molecule has 1 amide bonds. The molecule has 1 atom stereocenters. The number of benzene rings is 1. The molecule has 8 heteroatoms. The second kappa shape index (κ2) is 7.98. The van der Waals surface area contributed by atoms with Crippen LogP contribution in [0.5, 0.6) is 0 Å². The normalized spacial score (nSPS) is 15.7. The molecular formula is C19H22BN3O4. The zero-order valence-electron chi connectivity index (χ0n) is 15.1. The SMILES string of the molecule is Cc1ccc(C[C@H](CC(=O)C2(NC(=O)c3cnccn3)CC2)B(O)O)cc1. The third-order valence-electron chi connectivity index (χ3n) is 4.92. The van der Waals surface area contributed by atoms with Crippen LogP contribution < -0.4 is 5.32 Å². The summed E-state index contributed by atoms with van der Waals surface area (Å²) in [6, 6.07) is 7.72. The summed E-state index contributed by atoms with van der Waals surface area (Å²) in [6.45, 7) is 1.97. The van der Waals surface area contributed by atoms with E-state index < -0.39 is 24.4 Å². The quantitative estimate of drug-likeness (QED) is 0.602. The Bertz CT molecular complexity index is 807. The second-order valence-corrected chi connectivity index (χ2v) is 7.12. The highest BCUT2D eigenvalue weighted by Crippen LogP contribution is 2.39. The maximum absolute atomic E-state index is 12.8. The van der Waals surface area contributed by atoms with Gasteiger partial charge >= 0.3 is 7.12 Å². The maximum Gasteiger partial charge on any atom is 0.455 e. The van der Waals surface area contributed by atoms with Crippen LogP contribution in [-0.4, -0.2) is 44.4 Å². The number of hydrogen-bond acceptors (Lipinski definition) is 6. The second-order valence-electron chi connectivity index (χ2n) is 7.12. The van der Waals surface area contributed by atoms with E-state index in [0.29, 0.717) is 19.3 Å². The minimum atomic E-state index is -1.61. The first-order chi connectivity index (χ1) is 12.9. The summed E-state index contributed by atoms with van der Waals surface area (Å²) >= 11 is 0. The highest BCUT2D eigenvalue weighted by molar-refractivity contribution is 6.43. The van der Waals surface area contributed by atoms with Crippen molar-refractivity contribution in [1.29, 1.82) is 0 Å². The standard InChI is InChI=1S/C19H22BN3O4/c1-13-2-4-14(5-3-13)10-15(20(26)27)11-17(24)19(6-7-19)23-18(25)16-12-21-8-9-22-16/h2-5,8-9,12,15,26-27H,6-7,10-11H2,1H3,(H,23,25)/t15-/m1/s1. The van der Waals surface area contributed by atoms with Crippen molar-refractivity contribution in [2.75, 3.05) is 0 Å². The molecule has 1 fully saturated rings. The molecule has 2 aromatic rings. The highest BCUT2D eigenvalue weighted by atomic mass is 16.4. The number of aryl methyl sites for hydroxylation is 1. The van der Waals surface area contributed by atoms with Gasteiger partial charge in [0.25, 0.3) is 5.91 Å². The lowest BCUT2D eigenvalue weighted by Gasteiger charge is -2.20. The molecule has 7 nitrogen and oxygen atoms in total. The summed E-state index contributed by atoms with van der Waals surface area (Å²) in [7, 11) is -1.61. The molecule has 0 spiro atoms. The number of rotatable bonds is 8. The molecule has 0 aliphatic heterocycles. The number of nitrogens with one attached hydrogen (secondary N) is 1. The summed E-state index contributed by atoms with van der Waals surface area (Å²) < 4.78 is 0. The van der Waals surface area contributed by atoms with E-state index in [2.05, 4.69) is 15.3 Å². The summed E-state index contributed by atoms with van der Waals surface area (Å²) in [6.07, 6.45) is 5.65. The van der Waals surface area contributed by atoms with Crippen molar-refractivity contribution < 1.29 is 19.6 Å². The van der Waals surface area contributed by atoms with E-state index >= 15 is 0 Å². The van der Waals surface area contributed by atoms with Crippen molar-refractivity contribution in [2.24, 2.45) is 0 Å². The van der Waals surface area contributed by atoms with Gasteiger partial charge in [0.1, 0.15) is 5.69 Å². The third-order valence-corrected chi connectivity index (χ3v) is 4.92. The molecule has 1 aromatic carbocycles. The largest absolute Gasteiger partial charge is 0.455 e. The zero-order chi connectivity index (χ0) is 19.4. The number of hydrogen-bond donors (Lipinski definition) is 3. The van der Waals surface area contributed by atoms with Crippen LogP contribution >= 0.6 is 0 Å². The van der Waals surface area contributed by atoms with E-state index in [1.54, 1.807) is 0 Å². The van der Waals surface area contributed by atoms with Crippen LogP contribution in [0.25, 0.3) is 0 Å². The number of nitrogens with zero attached hydrogens (tertiary/aromatic N) is 2. The lowest BCUT2D eigenvalue weighted by molar-refractivity contribution is -0.122. The lowest BCUT2D eigenvalue weighted by atomic mass is 9.66. The predicted molar refractivity (Wildman–Crippen MR) is 99.9 cm³/mol. The third kappa shape index (κ3) is 4.78. The van der Waals surface area contributed by atoms with E-state index in [-0.39, 0.29) is 17.9 Å². The molecule has 3 rings (SSSR count). The van der Waals surface area contributed by atoms with Gasteiger partial charge in [-0.05, 0) is 31.7 Å². The topological polar surface area (TPSA) is 112 Å². The molecule has 1 aromatic heterocycles. The average molecular weight is 367 g/mol. The number of ketones is 1. The minimum Gasteiger partial charge on any atom is -0.427 e. The van der Waals surface area contributed by atoms with Gasteiger partial charge in [0, 0.05) is 24.6 Å². The molecule has 0 bridgehead atoms. The molecular weight excluding hydrogens is 345 g/mol. The van der Waals surface area contributed by atoms with Crippen LogP contribution in [0.1, 0.15) is 40.9 Å². The number of carbonyl (C=O) groups excluding carboxylic acids is 2. The Balaban J connectivity index is 1.64. The van der Waals surface area contributed by atoms with Crippen molar-refractivity contribution in [1.82, 2.24) is 15.3 Å². The van der Waals surface area contributed by atoms with E-state index in [9.17, 15) is 19.6 Å². The lowest BCUT2D eigenvalue weighted by Crippen LogP contribution is -2.44. The molecule has 0 radical (unpaired) electrons. The number of Topliss-reactive ketones (excluding diaryl/α,β-unsaturated/α-hetero) is 1. The Hall–Kier alpha value is -2.58. The van der Waals surface area contributed by atoms with Gasteiger partial charge in [-0.15, -0.1) is 0 Å². The fourth-order valence-electron chi connectivity index (χ4n) is 3.04. The number of carbonyl (C=O) groups is 2. The Kier molecular flexibility index (Phi) is 5.67. The Morgan fingerprint density at radius 3 is 2.48 bits per heavy atom. The first-order valence-electron chi connectivity index (χ1n) is 8.93. The minimum absolute atomic E-state index is 0.0215. The van der Waals surface area contributed by atoms with Gasteiger partial charge in [0.05, 0.1) is 11.7 Å². The number of amides is 1. The smallest absolute Gasteiger partial charge is 0.427 e. The summed E-state index contributed by atoms with van der Waals surface area (Å²) in [5, 5.41) is 22.2. The molecule has 140 valence electrons. The van der Waals surface area contributed by atoms with Crippen molar-refractivity contribution in [3.8, 4) is 0 Å². The predicted octanol–water partition coefficient (Wildman–Crippen LogP) is 1.09. The van der Waals surface area contributed by atoms with Gasteiger partial charge in [0.2, 0.25) is 0 Å².